The first-order chi connectivity index (χ1) is 10.9. The lowest BCUT2D eigenvalue weighted by molar-refractivity contribution is -0.385. The molecule has 1 aromatic rings. The van der Waals surface area contributed by atoms with E-state index in [2.05, 4.69) is 6.92 Å². The van der Waals surface area contributed by atoms with Crippen LogP contribution in [0.4, 0.5) is 5.69 Å². The van der Waals surface area contributed by atoms with Crippen molar-refractivity contribution in [2.75, 3.05) is 19.7 Å². The number of rotatable bonds is 4. The van der Waals surface area contributed by atoms with Crippen LogP contribution in [0.5, 0.6) is 0 Å². The molecule has 0 spiro atoms. The van der Waals surface area contributed by atoms with Crippen LogP contribution in [0.25, 0.3) is 0 Å². The highest BCUT2D eigenvalue weighted by molar-refractivity contribution is 5.92. The van der Waals surface area contributed by atoms with Gasteiger partial charge in [0.05, 0.1) is 10.5 Å². The van der Waals surface area contributed by atoms with Crippen LogP contribution in [0.1, 0.15) is 35.7 Å². The molecular weight excluding hydrogens is 300 g/mol. The smallest absolute Gasteiger partial charge is 0.338 e. The number of nitrogens with zero attached hydrogens (tertiary/aromatic N) is 2. The Morgan fingerprint density at radius 3 is 2.83 bits per heavy atom. The Labute approximate surface area is 134 Å². The van der Waals surface area contributed by atoms with Gasteiger partial charge in [-0.2, -0.15) is 0 Å². The molecule has 0 aromatic heterocycles. The minimum Gasteiger partial charge on any atom is -0.452 e. The number of benzene rings is 1. The fourth-order valence-corrected chi connectivity index (χ4v) is 2.65. The van der Waals surface area contributed by atoms with Crippen molar-refractivity contribution in [2.45, 2.75) is 26.7 Å². The normalized spacial score (nSPS) is 17.7. The summed E-state index contributed by atoms with van der Waals surface area (Å²) in [6.07, 6.45) is 2.04. The monoisotopic (exact) mass is 320 g/mol. The van der Waals surface area contributed by atoms with Gasteiger partial charge in [-0.3, -0.25) is 14.9 Å². The second kappa shape index (κ2) is 7.21. The molecule has 0 radical (unpaired) electrons. The standard InChI is InChI=1S/C16H20N2O5/c1-11-4-3-7-17(9-11)15(19)10-23-16(20)13-6-5-12(2)14(8-13)18(21)22/h5-6,8,11H,3-4,7,9-10H2,1-2H3/t11-/m0/s1. The molecule has 1 amide bonds. The van der Waals surface area contributed by atoms with Gasteiger partial charge in [0.2, 0.25) is 0 Å². The average Bonchev–Trinajstić information content (AvgIpc) is 2.52. The number of carbonyl (C=O) groups excluding carboxylic acids is 2. The van der Waals surface area contributed by atoms with E-state index >= 15 is 0 Å². The molecule has 124 valence electrons. The van der Waals surface area contributed by atoms with E-state index < -0.39 is 10.9 Å². The van der Waals surface area contributed by atoms with Crippen molar-refractivity contribution in [1.82, 2.24) is 4.90 Å². The van der Waals surface area contributed by atoms with Gasteiger partial charge in [0.25, 0.3) is 11.6 Å². The van der Waals surface area contributed by atoms with Gasteiger partial charge in [-0.05, 0) is 31.7 Å². The van der Waals surface area contributed by atoms with Crippen molar-refractivity contribution < 1.29 is 19.2 Å². The first kappa shape index (κ1) is 16.9. The molecule has 1 aromatic carbocycles. The average molecular weight is 320 g/mol. The third kappa shape index (κ3) is 4.28. The minimum absolute atomic E-state index is 0.0714. The molecule has 0 unspecified atom stereocenters. The number of hydrogen-bond donors (Lipinski definition) is 0. The molecule has 0 saturated carbocycles. The molecule has 23 heavy (non-hydrogen) atoms. The van der Waals surface area contributed by atoms with Crippen LogP contribution in [-0.4, -0.2) is 41.4 Å². The number of carbonyl (C=O) groups is 2. The highest BCUT2D eigenvalue weighted by atomic mass is 16.6. The van der Waals surface area contributed by atoms with Crippen molar-refractivity contribution in [3.8, 4) is 0 Å². The van der Waals surface area contributed by atoms with E-state index in [1.54, 1.807) is 11.8 Å². The fourth-order valence-electron chi connectivity index (χ4n) is 2.65. The molecule has 0 bridgehead atoms. The predicted octanol–water partition coefficient (Wildman–Crippen LogP) is 2.32. The number of ether oxygens (including phenoxy) is 1. The predicted molar refractivity (Wildman–Crippen MR) is 83.1 cm³/mol. The van der Waals surface area contributed by atoms with Gasteiger partial charge in [-0.15, -0.1) is 0 Å². The van der Waals surface area contributed by atoms with Gasteiger partial charge in [0.15, 0.2) is 6.61 Å². The summed E-state index contributed by atoms with van der Waals surface area (Å²) in [5, 5.41) is 10.9. The Bertz CT molecular complexity index is 629. The number of likely N-dealkylation sites (tertiary alicyclic amines) is 1. The maximum absolute atomic E-state index is 12.0. The van der Waals surface area contributed by atoms with E-state index in [0.29, 0.717) is 24.6 Å². The summed E-state index contributed by atoms with van der Waals surface area (Å²) in [5.74, 6) is -0.513. The molecule has 1 saturated heterocycles. The van der Waals surface area contributed by atoms with Crippen LogP contribution in [-0.2, 0) is 9.53 Å². The lowest BCUT2D eigenvalue weighted by Crippen LogP contribution is -2.41. The van der Waals surface area contributed by atoms with Crippen molar-refractivity contribution in [2.24, 2.45) is 5.92 Å². The fraction of sp³-hybridized carbons (Fsp3) is 0.500. The quantitative estimate of drug-likeness (QED) is 0.482. The van der Waals surface area contributed by atoms with E-state index in [1.165, 1.54) is 18.2 Å². The zero-order valence-electron chi connectivity index (χ0n) is 13.3. The van der Waals surface area contributed by atoms with Crippen LogP contribution in [0.15, 0.2) is 18.2 Å². The molecule has 7 heteroatoms. The number of aryl methyl sites for hydroxylation is 1. The maximum Gasteiger partial charge on any atom is 0.338 e. The molecule has 2 rings (SSSR count). The Kier molecular flexibility index (Phi) is 5.31. The van der Waals surface area contributed by atoms with Crippen LogP contribution in [0.2, 0.25) is 0 Å². The topological polar surface area (TPSA) is 89.8 Å². The second-order valence-corrected chi connectivity index (χ2v) is 5.92. The van der Waals surface area contributed by atoms with Crippen molar-refractivity contribution in [3.05, 3.63) is 39.4 Å². The van der Waals surface area contributed by atoms with E-state index in [4.69, 9.17) is 4.74 Å². The summed E-state index contributed by atoms with van der Waals surface area (Å²) in [6.45, 7) is 4.68. The largest absolute Gasteiger partial charge is 0.452 e. The molecule has 1 aliphatic rings. The highest BCUT2D eigenvalue weighted by Crippen LogP contribution is 2.20. The number of piperidine rings is 1. The zero-order valence-corrected chi connectivity index (χ0v) is 13.3. The first-order valence-corrected chi connectivity index (χ1v) is 7.58. The summed E-state index contributed by atoms with van der Waals surface area (Å²) < 4.78 is 5.00. The van der Waals surface area contributed by atoms with E-state index in [0.717, 1.165) is 12.8 Å². The molecule has 1 heterocycles. The molecule has 7 nitrogen and oxygen atoms in total. The second-order valence-electron chi connectivity index (χ2n) is 5.92. The van der Waals surface area contributed by atoms with E-state index in [9.17, 15) is 19.7 Å². The Balaban J connectivity index is 1.95. The first-order valence-electron chi connectivity index (χ1n) is 7.58. The molecular formula is C16H20N2O5. The third-order valence-electron chi connectivity index (χ3n) is 3.98. The molecule has 0 N–H and O–H groups in total. The Morgan fingerprint density at radius 1 is 1.43 bits per heavy atom. The van der Waals surface area contributed by atoms with Gasteiger partial charge in [0.1, 0.15) is 0 Å². The number of esters is 1. The van der Waals surface area contributed by atoms with Crippen molar-refractivity contribution in [3.63, 3.8) is 0 Å². The molecule has 1 aliphatic heterocycles. The van der Waals surface area contributed by atoms with Crippen molar-refractivity contribution >= 4 is 17.6 Å². The number of nitro groups is 1. The third-order valence-corrected chi connectivity index (χ3v) is 3.98. The highest BCUT2D eigenvalue weighted by Gasteiger charge is 2.22. The minimum atomic E-state index is -0.730. The summed E-state index contributed by atoms with van der Waals surface area (Å²) in [6, 6.07) is 4.12. The molecule has 1 fully saturated rings. The van der Waals surface area contributed by atoms with Gasteiger partial charge in [-0.1, -0.05) is 13.0 Å². The van der Waals surface area contributed by atoms with E-state index in [-0.39, 0.29) is 23.8 Å². The van der Waals surface area contributed by atoms with Crippen LogP contribution < -0.4 is 0 Å². The van der Waals surface area contributed by atoms with E-state index in [1.807, 2.05) is 0 Å². The molecule has 1 atom stereocenters. The summed E-state index contributed by atoms with van der Waals surface area (Å²) >= 11 is 0. The number of amides is 1. The number of nitro benzene ring substituents is 1. The Morgan fingerprint density at radius 2 is 2.17 bits per heavy atom. The van der Waals surface area contributed by atoms with Crippen molar-refractivity contribution in [1.29, 1.82) is 0 Å². The maximum atomic E-state index is 12.0. The summed E-state index contributed by atoms with van der Waals surface area (Å²) in [4.78, 5) is 36.1. The summed E-state index contributed by atoms with van der Waals surface area (Å²) in [7, 11) is 0. The Hall–Kier alpha value is -2.44. The van der Waals surface area contributed by atoms with Gasteiger partial charge >= 0.3 is 5.97 Å². The van der Waals surface area contributed by atoms with Crippen LogP contribution >= 0.6 is 0 Å². The van der Waals surface area contributed by atoms with Gasteiger partial charge in [0, 0.05) is 24.7 Å². The number of hydrogen-bond acceptors (Lipinski definition) is 5. The summed E-state index contributed by atoms with van der Waals surface area (Å²) in [5.41, 5.74) is 0.391. The lowest BCUT2D eigenvalue weighted by atomic mass is 10.0. The van der Waals surface area contributed by atoms with Crippen LogP contribution in [0.3, 0.4) is 0 Å². The lowest BCUT2D eigenvalue weighted by Gasteiger charge is -2.30. The SMILES string of the molecule is Cc1ccc(C(=O)OCC(=O)N2CCC[C@H](C)C2)cc1[N+](=O)[O-]. The van der Waals surface area contributed by atoms with Crippen LogP contribution in [0, 0.1) is 23.0 Å². The van der Waals surface area contributed by atoms with Gasteiger partial charge in [-0.25, -0.2) is 4.79 Å². The zero-order chi connectivity index (χ0) is 17.0. The molecule has 0 aliphatic carbocycles. The van der Waals surface area contributed by atoms with Gasteiger partial charge < -0.3 is 9.64 Å².